The average molecular weight is 439 g/mol. The lowest BCUT2D eigenvalue weighted by Gasteiger charge is -2.13. The van der Waals surface area contributed by atoms with E-state index < -0.39 is 12.8 Å². The Labute approximate surface area is 180 Å². The number of nitrogens with zero attached hydrogens (tertiary/aromatic N) is 1. The maximum absolute atomic E-state index is 12.3. The maximum Gasteiger partial charge on any atom is 0.422 e. The van der Waals surface area contributed by atoms with E-state index in [1.54, 1.807) is 32.4 Å². The molecule has 2 N–H and O–H groups in total. The Kier molecular flexibility index (Phi) is 9.30. The molecule has 2 aromatic rings. The van der Waals surface area contributed by atoms with Gasteiger partial charge >= 0.3 is 6.18 Å². The molecule has 9 heteroatoms. The Bertz CT molecular complexity index is 857. The van der Waals surface area contributed by atoms with Gasteiger partial charge in [-0.15, -0.1) is 0 Å². The first-order chi connectivity index (χ1) is 14.8. The molecule has 0 bridgehead atoms. The van der Waals surface area contributed by atoms with Crippen LogP contribution in [0.25, 0.3) is 0 Å². The molecule has 0 aromatic heterocycles. The molecule has 0 spiro atoms. The molecule has 6 nitrogen and oxygen atoms in total. The van der Waals surface area contributed by atoms with Crippen molar-refractivity contribution in [2.24, 2.45) is 4.99 Å². The third-order valence-electron chi connectivity index (χ3n) is 4.22. The van der Waals surface area contributed by atoms with Gasteiger partial charge in [0.1, 0.15) is 5.75 Å². The van der Waals surface area contributed by atoms with Crippen LogP contribution >= 0.6 is 0 Å². The summed E-state index contributed by atoms with van der Waals surface area (Å²) in [4.78, 5) is 4.50. The number of hydrogen-bond acceptors (Lipinski definition) is 4. The minimum absolute atomic E-state index is 0.163. The molecule has 0 saturated carbocycles. The molecule has 0 saturated heterocycles. The van der Waals surface area contributed by atoms with Crippen molar-refractivity contribution in [2.75, 3.05) is 33.9 Å². The second-order valence-electron chi connectivity index (χ2n) is 6.61. The van der Waals surface area contributed by atoms with Crippen molar-refractivity contribution in [2.45, 2.75) is 26.1 Å². The van der Waals surface area contributed by atoms with E-state index >= 15 is 0 Å². The van der Waals surface area contributed by atoms with E-state index in [0.29, 0.717) is 37.1 Å². The number of methoxy groups -OCH3 is 2. The Morgan fingerprint density at radius 2 is 1.74 bits per heavy atom. The number of aliphatic imine (C=N–C) groups is 1. The van der Waals surface area contributed by atoms with E-state index in [1.165, 1.54) is 6.07 Å². The molecule has 2 rings (SSSR count). The largest absolute Gasteiger partial charge is 0.493 e. The van der Waals surface area contributed by atoms with Crippen molar-refractivity contribution in [1.82, 2.24) is 10.6 Å². The van der Waals surface area contributed by atoms with Crippen LogP contribution in [0, 0.1) is 0 Å². The zero-order chi connectivity index (χ0) is 22.7. The summed E-state index contributed by atoms with van der Waals surface area (Å²) < 4.78 is 52.3. The fourth-order valence-corrected chi connectivity index (χ4v) is 2.77. The summed E-state index contributed by atoms with van der Waals surface area (Å²) in [5.74, 6) is 2.13. The predicted octanol–water partition coefficient (Wildman–Crippen LogP) is 3.94. The van der Waals surface area contributed by atoms with Crippen LogP contribution in [0.5, 0.6) is 17.2 Å². The quantitative estimate of drug-likeness (QED) is 0.434. The molecule has 170 valence electrons. The summed E-state index contributed by atoms with van der Waals surface area (Å²) in [7, 11) is 3.19. The van der Waals surface area contributed by atoms with Crippen molar-refractivity contribution < 1.29 is 27.4 Å². The Morgan fingerprint density at radius 3 is 2.42 bits per heavy atom. The lowest BCUT2D eigenvalue weighted by atomic mass is 10.1. The van der Waals surface area contributed by atoms with Gasteiger partial charge in [-0.3, -0.25) is 0 Å². The second-order valence-corrected chi connectivity index (χ2v) is 6.61. The highest BCUT2D eigenvalue weighted by molar-refractivity contribution is 5.79. The lowest BCUT2D eigenvalue weighted by Crippen LogP contribution is -2.38. The van der Waals surface area contributed by atoms with Gasteiger partial charge in [0.25, 0.3) is 0 Å². The van der Waals surface area contributed by atoms with E-state index in [0.717, 1.165) is 17.5 Å². The first-order valence-corrected chi connectivity index (χ1v) is 9.86. The van der Waals surface area contributed by atoms with Gasteiger partial charge < -0.3 is 24.8 Å². The lowest BCUT2D eigenvalue weighted by molar-refractivity contribution is -0.153. The molecule has 0 aliphatic rings. The van der Waals surface area contributed by atoms with Crippen molar-refractivity contribution in [1.29, 1.82) is 0 Å². The zero-order valence-electron chi connectivity index (χ0n) is 17.9. The topological polar surface area (TPSA) is 64.1 Å². The monoisotopic (exact) mass is 439 g/mol. The third-order valence-corrected chi connectivity index (χ3v) is 4.22. The highest BCUT2D eigenvalue weighted by atomic mass is 19.4. The molecule has 0 amide bonds. The SMILES string of the molecule is CCNC(=NCc1cccc(OCC(F)(F)F)c1)NCCc1ccc(OC)c(OC)c1. The predicted molar refractivity (Wildman–Crippen MR) is 114 cm³/mol. The van der Waals surface area contributed by atoms with Gasteiger partial charge in [0.15, 0.2) is 24.1 Å². The van der Waals surface area contributed by atoms with E-state index in [1.807, 2.05) is 25.1 Å². The molecule has 0 aliphatic carbocycles. The van der Waals surface area contributed by atoms with Crippen molar-refractivity contribution in [3.63, 3.8) is 0 Å². The van der Waals surface area contributed by atoms with E-state index in [9.17, 15) is 13.2 Å². The smallest absolute Gasteiger partial charge is 0.422 e. The molecule has 31 heavy (non-hydrogen) atoms. The zero-order valence-corrected chi connectivity index (χ0v) is 17.9. The van der Waals surface area contributed by atoms with Crippen LogP contribution in [0.4, 0.5) is 13.2 Å². The number of nitrogens with one attached hydrogen (secondary N) is 2. The minimum atomic E-state index is -4.37. The second kappa shape index (κ2) is 11.9. The van der Waals surface area contributed by atoms with Gasteiger partial charge in [0.05, 0.1) is 20.8 Å². The molecular weight excluding hydrogens is 411 g/mol. The third kappa shape index (κ3) is 8.65. The van der Waals surface area contributed by atoms with Gasteiger partial charge in [-0.1, -0.05) is 18.2 Å². The van der Waals surface area contributed by atoms with Gasteiger partial charge in [0.2, 0.25) is 0 Å². The number of hydrogen-bond donors (Lipinski definition) is 2. The molecule has 2 aromatic carbocycles. The fourth-order valence-electron chi connectivity index (χ4n) is 2.77. The van der Waals surface area contributed by atoms with Crippen molar-refractivity contribution >= 4 is 5.96 Å². The van der Waals surface area contributed by atoms with Crippen molar-refractivity contribution in [3.05, 3.63) is 53.6 Å². The van der Waals surface area contributed by atoms with Crippen LogP contribution in [0.15, 0.2) is 47.5 Å². The van der Waals surface area contributed by atoms with Crippen LogP contribution in [0.1, 0.15) is 18.1 Å². The first kappa shape index (κ1) is 24.2. The molecule has 0 heterocycles. The summed E-state index contributed by atoms with van der Waals surface area (Å²) in [6.07, 6.45) is -3.63. The molecular formula is C22H28F3N3O3. The molecule has 0 fully saturated rings. The fraction of sp³-hybridized carbons (Fsp3) is 0.409. The van der Waals surface area contributed by atoms with Crippen LogP contribution in [-0.4, -0.2) is 46.1 Å². The number of guanidine groups is 1. The first-order valence-electron chi connectivity index (χ1n) is 9.86. The van der Waals surface area contributed by atoms with Crippen molar-refractivity contribution in [3.8, 4) is 17.2 Å². The van der Waals surface area contributed by atoms with E-state index in [4.69, 9.17) is 14.2 Å². The number of benzene rings is 2. The minimum Gasteiger partial charge on any atom is -0.493 e. The highest BCUT2D eigenvalue weighted by Crippen LogP contribution is 2.27. The van der Waals surface area contributed by atoms with Gasteiger partial charge in [-0.2, -0.15) is 13.2 Å². The van der Waals surface area contributed by atoms with Crippen LogP contribution in [-0.2, 0) is 13.0 Å². The number of halogens is 3. The summed E-state index contributed by atoms with van der Waals surface area (Å²) in [5, 5.41) is 6.41. The van der Waals surface area contributed by atoms with Gasteiger partial charge in [-0.05, 0) is 48.7 Å². The Morgan fingerprint density at radius 1 is 0.968 bits per heavy atom. The molecule has 0 atom stereocenters. The maximum atomic E-state index is 12.3. The number of ether oxygens (including phenoxy) is 3. The highest BCUT2D eigenvalue weighted by Gasteiger charge is 2.28. The molecule has 0 aliphatic heterocycles. The Hall–Kier alpha value is -3.10. The standard InChI is InChI=1S/C22H28F3N3O3/c1-4-26-21(27-11-10-16-8-9-19(29-2)20(13-16)30-3)28-14-17-6-5-7-18(12-17)31-15-22(23,24)25/h5-9,12-13H,4,10-11,14-15H2,1-3H3,(H2,26,27,28). The van der Waals surface area contributed by atoms with Gasteiger partial charge in [0, 0.05) is 13.1 Å². The van der Waals surface area contributed by atoms with E-state index in [-0.39, 0.29) is 5.75 Å². The van der Waals surface area contributed by atoms with Crippen LogP contribution in [0.3, 0.4) is 0 Å². The van der Waals surface area contributed by atoms with Crippen LogP contribution in [0.2, 0.25) is 0 Å². The number of alkyl halides is 3. The van der Waals surface area contributed by atoms with Crippen LogP contribution < -0.4 is 24.8 Å². The average Bonchev–Trinajstić information content (AvgIpc) is 2.75. The summed E-state index contributed by atoms with van der Waals surface area (Å²) >= 11 is 0. The summed E-state index contributed by atoms with van der Waals surface area (Å²) in [6, 6.07) is 12.2. The molecule has 0 radical (unpaired) electrons. The summed E-state index contributed by atoms with van der Waals surface area (Å²) in [6.45, 7) is 2.25. The van der Waals surface area contributed by atoms with E-state index in [2.05, 4.69) is 15.6 Å². The number of rotatable bonds is 10. The molecule has 0 unspecified atom stereocenters. The summed E-state index contributed by atoms with van der Waals surface area (Å²) in [5.41, 5.74) is 1.83. The van der Waals surface area contributed by atoms with Gasteiger partial charge in [-0.25, -0.2) is 4.99 Å². The normalized spacial score (nSPS) is 11.7. The Balaban J connectivity index is 1.93.